The van der Waals surface area contributed by atoms with Crippen LogP contribution in [-0.4, -0.2) is 34.3 Å². The topological polar surface area (TPSA) is 87.2 Å². The van der Waals surface area contributed by atoms with Crippen LogP contribution in [0.3, 0.4) is 0 Å². The fourth-order valence-electron chi connectivity index (χ4n) is 3.00. The van der Waals surface area contributed by atoms with Crippen molar-refractivity contribution in [2.24, 2.45) is 0 Å². The van der Waals surface area contributed by atoms with Crippen LogP contribution < -0.4 is 15.5 Å². The maximum absolute atomic E-state index is 12.7. The van der Waals surface area contributed by atoms with E-state index in [1.165, 1.54) is 12.1 Å². The van der Waals surface area contributed by atoms with Crippen LogP contribution in [0.15, 0.2) is 35.8 Å². The number of aromatic nitrogens is 2. The van der Waals surface area contributed by atoms with E-state index in [4.69, 9.17) is 34.8 Å². The Hall–Kier alpha value is -2.39. The van der Waals surface area contributed by atoms with Crippen molar-refractivity contribution in [3.63, 3.8) is 0 Å². The summed E-state index contributed by atoms with van der Waals surface area (Å²) in [5, 5.41) is 7.38. The Labute approximate surface area is 204 Å². The predicted octanol–water partition coefficient (Wildman–Crippen LogP) is 6.24. The number of benzene rings is 1. The third-order valence-electron chi connectivity index (χ3n) is 4.50. The minimum absolute atomic E-state index is 0.0524. The number of halogens is 3. The number of anilines is 3. The van der Waals surface area contributed by atoms with Crippen molar-refractivity contribution in [3.05, 3.63) is 62.2 Å². The zero-order valence-corrected chi connectivity index (χ0v) is 20.4. The molecule has 2 amide bonds. The average molecular weight is 513 g/mol. The molecule has 11 heteroatoms. The number of carbonyl (C=O) groups is 2. The summed E-state index contributed by atoms with van der Waals surface area (Å²) in [5.41, 5.74) is 1.32. The number of nitrogens with zero attached hydrogens (tertiary/aromatic N) is 3. The molecule has 3 aromatic rings. The Morgan fingerprint density at radius 3 is 2.38 bits per heavy atom. The standard InChI is InChI=1S/C21H20Cl3N5O2S/c1-3-7-29(4-2)13-5-6-17(25-10-13)27-21(31)19-16(11-32-28-19)26-20(30)18-14(23)8-12(22)9-15(18)24/h5-6,8-11H,3-4,7H2,1-2H3,(H,26,30)(H,25,27,31). The summed E-state index contributed by atoms with van der Waals surface area (Å²) in [6.45, 7) is 5.98. The third-order valence-corrected chi connectivity index (χ3v) is 5.94. The molecule has 2 N–H and O–H groups in total. The van der Waals surface area contributed by atoms with Crippen molar-refractivity contribution in [2.45, 2.75) is 20.3 Å². The van der Waals surface area contributed by atoms with Gasteiger partial charge in [0.2, 0.25) is 0 Å². The molecule has 0 aliphatic rings. The summed E-state index contributed by atoms with van der Waals surface area (Å²) in [5.74, 6) is -0.708. The second-order valence-electron chi connectivity index (χ2n) is 6.71. The molecule has 2 aromatic heterocycles. The van der Waals surface area contributed by atoms with E-state index >= 15 is 0 Å². The highest BCUT2D eigenvalue weighted by Gasteiger charge is 2.21. The van der Waals surface area contributed by atoms with E-state index in [0.29, 0.717) is 10.8 Å². The highest BCUT2D eigenvalue weighted by Crippen LogP contribution is 2.30. The van der Waals surface area contributed by atoms with Crippen LogP contribution in [0.25, 0.3) is 0 Å². The SMILES string of the molecule is CCCN(CC)c1ccc(NC(=O)c2nscc2NC(=O)c2c(Cl)cc(Cl)cc2Cl)nc1. The molecule has 7 nitrogen and oxygen atoms in total. The minimum Gasteiger partial charge on any atom is -0.371 e. The fourth-order valence-corrected chi connectivity index (χ4v) is 4.60. The van der Waals surface area contributed by atoms with Gasteiger partial charge in [-0.1, -0.05) is 41.7 Å². The zero-order valence-electron chi connectivity index (χ0n) is 17.3. The average Bonchev–Trinajstić information content (AvgIpc) is 3.20. The normalized spacial score (nSPS) is 10.7. The summed E-state index contributed by atoms with van der Waals surface area (Å²) in [6, 6.07) is 6.46. The van der Waals surface area contributed by atoms with Crippen LogP contribution in [0.2, 0.25) is 15.1 Å². The molecule has 168 valence electrons. The van der Waals surface area contributed by atoms with Crippen molar-refractivity contribution in [3.8, 4) is 0 Å². The summed E-state index contributed by atoms with van der Waals surface area (Å²) in [4.78, 5) is 31.9. The number of nitrogens with one attached hydrogen (secondary N) is 2. The number of pyridine rings is 1. The van der Waals surface area contributed by atoms with Gasteiger partial charge < -0.3 is 15.5 Å². The number of carbonyl (C=O) groups excluding carboxylic acids is 2. The smallest absolute Gasteiger partial charge is 0.278 e. The first-order chi connectivity index (χ1) is 15.3. The molecular weight excluding hydrogens is 493 g/mol. The van der Waals surface area contributed by atoms with Crippen LogP contribution in [0.5, 0.6) is 0 Å². The first kappa shape index (κ1) is 24.3. The van der Waals surface area contributed by atoms with E-state index in [-0.39, 0.29) is 27.0 Å². The van der Waals surface area contributed by atoms with E-state index in [1.54, 1.807) is 17.6 Å². The molecule has 0 fully saturated rings. The lowest BCUT2D eigenvalue weighted by Crippen LogP contribution is -2.23. The first-order valence-corrected chi connectivity index (χ1v) is 11.7. The number of hydrogen-bond acceptors (Lipinski definition) is 6. The molecule has 32 heavy (non-hydrogen) atoms. The maximum Gasteiger partial charge on any atom is 0.278 e. The van der Waals surface area contributed by atoms with Crippen molar-refractivity contribution in [1.29, 1.82) is 0 Å². The highest BCUT2D eigenvalue weighted by molar-refractivity contribution is 7.04. The molecular formula is C21H20Cl3N5O2S. The van der Waals surface area contributed by atoms with Crippen LogP contribution in [0.1, 0.15) is 41.1 Å². The van der Waals surface area contributed by atoms with Crippen LogP contribution in [0, 0.1) is 0 Å². The monoisotopic (exact) mass is 511 g/mol. The van der Waals surface area contributed by atoms with Gasteiger partial charge in [0.05, 0.1) is 33.2 Å². The second-order valence-corrected chi connectivity index (χ2v) is 8.59. The molecule has 0 saturated carbocycles. The summed E-state index contributed by atoms with van der Waals surface area (Å²) in [7, 11) is 0. The molecule has 2 heterocycles. The van der Waals surface area contributed by atoms with Crippen molar-refractivity contribution < 1.29 is 9.59 Å². The minimum atomic E-state index is -0.580. The lowest BCUT2D eigenvalue weighted by molar-refractivity contribution is 0.102. The molecule has 0 unspecified atom stereocenters. The molecule has 0 aliphatic heterocycles. The zero-order chi connectivity index (χ0) is 23.3. The van der Waals surface area contributed by atoms with E-state index in [9.17, 15) is 9.59 Å². The van der Waals surface area contributed by atoms with Crippen molar-refractivity contribution >= 4 is 75.3 Å². The van der Waals surface area contributed by atoms with Gasteiger partial charge >= 0.3 is 0 Å². The molecule has 0 spiro atoms. The van der Waals surface area contributed by atoms with Crippen LogP contribution in [-0.2, 0) is 0 Å². The van der Waals surface area contributed by atoms with Gasteiger partial charge in [-0.05, 0) is 49.1 Å². The summed E-state index contributed by atoms with van der Waals surface area (Å²) in [6.07, 6.45) is 2.74. The molecule has 0 bridgehead atoms. The molecule has 1 aromatic carbocycles. The number of amides is 2. The molecule has 0 atom stereocenters. The van der Waals surface area contributed by atoms with Gasteiger partial charge in [-0.2, -0.15) is 4.37 Å². The quantitative estimate of drug-likeness (QED) is 0.373. The van der Waals surface area contributed by atoms with Gasteiger partial charge in [0, 0.05) is 23.5 Å². The van der Waals surface area contributed by atoms with Gasteiger partial charge in [-0.25, -0.2) is 4.98 Å². The lowest BCUT2D eigenvalue weighted by Gasteiger charge is -2.22. The number of hydrogen-bond donors (Lipinski definition) is 2. The molecule has 3 rings (SSSR count). The van der Waals surface area contributed by atoms with Crippen molar-refractivity contribution in [1.82, 2.24) is 9.36 Å². The van der Waals surface area contributed by atoms with E-state index < -0.39 is 11.8 Å². The number of rotatable bonds is 8. The molecule has 0 aliphatic carbocycles. The lowest BCUT2D eigenvalue weighted by atomic mass is 10.2. The Bertz CT molecular complexity index is 1100. The maximum atomic E-state index is 12.7. The second kappa shape index (κ2) is 11.0. The molecule has 0 radical (unpaired) electrons. The van der Waals surface area contributed by atoms with Gasteiger partial charge in [-0.3, -0.25) is 9.59 Å². The van der Waals surface area contributed by atoms with Crippen LogP contribution in [0.4, 0.5) is 17.2 Å². The van der Waals surface area contributed by atoms with Gasteiger partial charge in [0.15, 0.2) is 5.69 Å². The third kappa shape index (κ3) is 5.69. The molecule has 0 saturated heterocycles. The van der Waals surface area contributed by atoms with Gasteiger partial charge in [-0.15, -0.1) is 0 Å². The van der Waals surface area contributed by atoms with Crippen LogP contribution >= 0.6 is 46.3 Å². The summed E-state index contributed by atoms with van der Waals surface area (Å²) >= 11 is 19.1. The first-order valence-electron chi connectivity index (χ1n) is 9.76. The Kier molecular flexibility index (Phi) is 8.31. The highest BCUT2D eigenvalue weighted by atomic mass is 35.5. The predicted molar refractivity (Wildman–Crippen MR) is 132 cm³/mol. The van der Waals surface area contributed by atoms with Gasteiger partial charge in [0.1, 0.15) is 5.82 Å². The summed E-state index contributed by atoms with van der Waals surface area (Å²) < 4.78 is 4.09. The van der Waals surface area contributed by atoms with Crippen molar-refractivity contribution in [2.75, 3.05) is 28.6 Å². The van der Waals surface area contributed by atoms with Gasteiger partial charge in [0.25, 0.3) is 11.8 Å². The van der Waals surface area contributed by atoms with E-state index in [0.717, 1.165) is 36.7 Å². The Morgan fingerprint density at radius 1 is 1.06 bits per heavy atom. The largest absolute Gasteiger partial charge is 0.371 e. The Balaban J connectivity index is 1.73. The fraction of sp³-hybridized carbons (Fsp3) is 0.238. The van der Waals surface area contributed by atoms with E-state index in [2.05, 4.69) is 38.7 Å². The van der Waals surface area contributed by atoms with E-state index in [1.807, 2.05) is 6.07 Å². The Morgan fingerprint density at radius 2 is 1.78 bits per heavy atom.